The maximum Gasteiger partial charge on any atom is 0.407 e. The average Bonchev–Trinajstić information content (AvgIpc) is 2.58. The van der Waals surface area contributed by atoms with E-state index >= 15 is 0 Å². The molecule has 1 N–H and O–H groups in total. The van der Waals surface area contributed by atoms with Gasteiger partial charge in [0.2, 0.25) is 0 Å². The maximum absolute atomic E-state index is 11.4. The van der Waals surface area contributed by atoms with Crippen LogP contribution in [0.3, 0.4) is 0 Å². The summed E-state index contributed by atoms with van der Waals surface area (Å²) < 4.78 is 26.1. The lowest BCUT2D eigenvalue weighted by molar-refractivity contribution is -0.00546. The van der Waals surface area contributed by atoms with Crippen LogP contribution in [0.15, 0.2) is 0 Å². The highest BCUT2D eigenvalue weighted by Gasteiger charge is 2.03. The van der Waals surface area contributed by atoms with Gasteiger partial charge in [0.15, 0.2) is 0 Å². The van der Waals surface area contributed by atoms with Gasteiger partial charge in [0, 0.05) is 13.2 Å². The standard InChI is InChI=1S/C17H35NO6/c1-4-16(3)6-7-18-17(19)24-15-14-23-13-12-22-11-10-21-9-8-20-5-2/h16H,4-15H2,1-3H3,(H,18,19). The number of ether oxygens (including phenoxy) is 5. The molecule has 144 valence electrons. The molecule has 0 heterocycles. The molecule has 0 aliphatic carbocycles. The number of nitrogens with one attached hydrogen (secondary N) is 1. The summed E-state index contributed by atoms with van der Waals surface area (Å²) in [4.78, 5) is 11.4. The smallest absolute Gasteiger partial charge is 0.407 e. The van der Waals surface area contributed by atoms with Gasteiger partial charge in [-0.1, -0.05) is 20.3 Å². The summed E-state index contributed by atoms with van der Waals surface area (Å²) in [5, 5.41) is 2.73. The molecule has 0 fully saturated rings. The molecule has 24 heavy (non-hydrogen) atoms. The lowest BCUT2D eigenvalue weighted by Gasteiger charge is -2.10. The summed E-state index contributed by atoms with van der Waals surface area (Å²) in [7, 11) is 0. The Balaban J connectivity index is 3.15. The first-order chi connectivity index (χ1) is 11.7. The first-order valence-electron chi connectivity index (χ1n) is 8.92. The predicted molar refractivity (Wildman–Crippen MR) is 92.4 cm³/mol. The Kier molecular flexibility index (Phi) is 17.8. The molecular weight excluding hydrogens is 314 g/mol. The normalized spacial score (nSPS) is 12.1. The lowest BCUT2D eigenvalue weighted by atomic mass is 10.1. The van der Waals surface area contributed by atoms with E-state index < -0.39 is 0 Å². The second kappa shape index (κ2) is 18.4. The quantitative estimate of drug-likeness (QED) is 0.406. The Bertz CT molecular complexity index is 278. The van der Waals surface area contributed by atoms with E-state index in [9.17, 15) is 4.79 Å². The SMILES string of the molecule is CCOCCOCCOCCOCCOC(=O)NCCC(C)CC. The Morgan fingerprint density at radius 2 is 1.33 bits per heavy atom. The van der Waals surface area contributed by atoms with Crippen molar-refractivity contribution in [3.8, 4) is 0 Å². The molecule has 0 saturated carbocycles. The van der Waals surface area contributed by atoms with E-state index in [-0.39, 0.29) is 12.7 Å². The Morgan fingerprint density at radius 1 is 0.833 bits per heavy atom. The van der Waals surface area contributed by atoms with Gasteiger partial charge in [-0.05, 0) is 19.3 Å². The third-order valence-electron chi connectivity index (χ3n) is 3.38. The summed E-state index contributed by atoms with van der Waals surface area (Å²) in [6, 6.07) is 0. The highest BCUT2D eigenvalue weighted by atomic mass is 16.6. The molecule has 1 amide bonds. The number of carbonyl (C=O) groups excluding carboxylic acids is 1. The van der Waals surface area contributed by atoms with Crippen LogP contribution in [0.5, 0.6) is 0 Å². The first-order valence-corrected chi connectivity index (χ1v) is 8.92. The lowest BCUT2D eigenvalue weighted by Crippen LogP contribution is -2.27. The molecule has 0 saturated heterocycles. The van der Waals surface area contributed by atoms with E-state index in [1.807, 2.05) is 6.92 Å². The van der Waals surface area contributed by atoms with Crippen LogP contribution in [0, 0.1) is 5.92 Å². The molecule has 0 aliphatic heterocycles. The van der Waals surface area contributed by atoms with Gasteiger partial charge in [0.1, 0.15) is 6.61 Å². The molecule has 7 nitrogen and oxygen atoms in total. The van der Waals surface area contributed by atoms with E-state index in [0.29, 0.717) is 65.3 Å². The molecule has 0 aromatic carbocycles. The van der Waals surface area contributed by atoms with Crippen LogP contribution in [0.4, 0.5) is 4.79 Å². The van der Waals surface area contributed by atoms with Crippen molar-refractivity contribution < 1.29 is 28.5 Å². The minimum absolute atomic E-state index is 0.246. The van der Waals surface area contributed by atoms with Crippen LogP contribution < -0.4 is 5.32 Å². The zero-order valence-electron chi connectivity index (χ0n) is 15.5. The fourth-order valence-electron chi connectivity index (χ4n) is 1.67. The van der Waals surface area contributed by atoms with E-state index in [1.165, 1.54) is 0 Å². The molecule has 0 spiro atoms. The summed E-state index contributed by atoms with van der Waals surface area (Å²) >= 11 is 0. The number of alkyl carbamates (subject to hydrolysis) is 1. The Hall–Kier alpha value is -0.890. The molecular formula is C17H35NO6. The van der Waals surface area contributed by atoms with Gasteiger partial charge in [0.25, 0.3) is 0 Å². The number of hydrogen-bond acceptors (Lipinski definition) is 6. The first kappa shape index (κ1) is 23.1. The van der Waals surface area contributed by atoms with Crippen molar-refractivity contribution in [1.82, 2.24) is 5.32 Å². The average molecular weight is 349 g/mol. The minimum atomic E-state index is -0.387. The van der Waals surface area contributed by atoms with Gasteiger partial charge in [0.05, 0.1) is 46.2 Å². The summed E-state index contributed by atoms with van der Waals surface area (Å²) in [5.74, 6) is 0.615. The number of carbonyl (C=O) groups is 1. The summed E-state index contributed by atoms with van der Waals surface area (Å²) in [5.41, 5.74) is 0. The fourth-order valence-corrected chi connectivity index (χ4v) is 1.67. The van der Waals surface area contributed by atoms with Crippen molar-refractivity contribution in [2.45, 2.75) is 33.6 Å². The van der Waals surface area contributed by atoms with E-state index in [4.69, 9.17) is 23.7 Å². The molecule has 0 bridgehead atoms. The largest absolute Gasteiger partial charge is 0.447 e. The van der Waals surface area contributed by atoms with Crippen molar-refractivity contribution in [3.63, 3.8) is 0 Å². The molecule has 1 atom stereocenters. The third kappa shape index (κ3) is 17.5. The van der Waals surface area contributed by atoms with Crippen LogP contribution in [-0.4, -0.2) is 72.1 Å². The van der Waals surface area contributed by atoms with Crippen molar-refractivity contribution in [3.05, 3.63) is 0 Å². The van der Waals surface area contributed by atoms with Crippen LogP contribution in [-0.2, 0) is 23.7 Å². The van der Waals surface area contributed by atoms with Crippen molar-refractivity contribution in [1.29, 1.82) is 0 Å². The zero-order chi connectivity index (χ0) is 17.9. The van der Waals surface area contributed by atoms with Gasteiger partial charge in [-0.25, -0.2) is 4.79 Å². The van der Waals surface area contributed by atoms with Gasteiger partial charge in [-0.2, -0.15) is 0 Å². The van der Waals surface area contributed by atoms with Gasteiger partial charge < -0.3 is 29.0 Å². The highest BCUT2D eigenvalue weighted by molar-refractivity contribution is 5.66. The fraction of sp³-hybridized carbons (Fsp3) is 0.941. The molecule has 1 unspecified atom stereocenters. The molecule has 0 radical (unpaired) electrons. The van der Waals surface area contributed by atoms with Gasteiger partial charge in [-0.3, -0.25) is 0 Å². The number of hydrogen-bond donors (Lipinski definition) is 1. The summed E-state index contributed by atoms with van der Waals surface area (Å²) in [6.45, 7) is 11.5. The Labute approximate surface area is 146 Å². The highest BCUT2D eigenvalue weighted by Crippen LogP contribution is 2.04. The zero-order valence-corrected chi connectivity index (χ0v) is 15.5. The minimum Gasteiger partial charge on any atom is -0.447 e. The van der Waals surface area contributed by atoms with E-state index in [2.05, 4.69) is 19.2 Å². The second-order valence-corrected chi connectivity index (χ2v) is 5.40. The van der Waals surface area contributed by atoms with Crippen molar-refractivity contribution >= 4 is 6.09 Å². The van der Waals surface area contributed by atoms with E-state index in [0.717, 1.165) is 12.8 Å². The molecule has 0 aliphatic rings. The van der Waals surface area contributed by atoms with Crippen molar-refractivity contribution in [2.24, 2.45) is 5.92 Å². The van der Waals surface area contributed by atoms with Crippen LogP contribution in [0.2, 0.25) is 0 Å². The predicted octanol–water partition coefficient (Wildman–Crippen LogP) is 2.24. The van der Waals surface area contributed by atoms with Gasteiger partial charge >= 0.3 is 6.09 Å². The molecule has 0 aromatic rings. The summed E-state index contributed by atoms with van der Waals surface area (Å²) in [6.07, 6.45) is 1.70. The number of rotatable bonds is 17. The third-order valence-corrected chi connectivity index (χ3v) is 3.38. The molecule has 7 heteroatoms. The van der Waals surface area contributed by atoms with Crippen molar-refractivity contribution in [2.75, 3.05) is 66.0 Å². The topological polar surface area (TPSA) is 75.2 Å². The van der Waals surface area contributed by atoms with Crippen LogP contribution >= 0.6 is 0 Å². The van der Waals surface area contributed by atoms with Crippen LogP contribution in [0.25, 0.3) is 0 Å². The van der Waals surface area contributed by atoms with Gasteiger partial charge in [-0.15, -0.1) is 0 Å². The second-order valence-electron chi connectivity index (χ2n) is 5.40. The number of amides is 1. The molecule has 0 aromatic heterocycles. The van der Waals surface area contributed by atoms with Crippen LogP contribution in [0.1, 0.15) is 33.6 Å². The van der Waals surface area contributed by atoms with E-state index in [1.54, 1.807) is 0 Å². The molecule has 0 rings (SSSR count). The monoisotopic (exact) mass is 349 g/mol. The Morgan fingerprint density at radius 3 is 1.83 bits per heavy atom. The maximum atomic E-state index is 11.4.